The van der Waals surface area contributed by atoms with Crippen LogP contribution in [0.5, 0.6) is 5.75 Å². The summed E-state index contributed by atoms with van der Waals surface area (Å²) in [5.74, 6) is -0.400. The molecule has 4 rings (SSSR count). The molecule has 0 fully saturated rings. The van der Waals surface area contributed by atoms with Gasteiger partial charge in [0.15, 0.2) is 4.90 Å². The molecular weight excluding hydrogens is 700 g/mol. The van der Waals surface area contributed by atoms with Crippen LogP contribution >= 0.6 is 0 Å². The molecule has 0 spiro atoms. The lowest BCUT2D eigenvalue weighted by molar-refractivity contribution is -0.387. The molecule has 9 nitrogen and oxygen atoms in total. The Kier molecular flexibility index (Phi) is 11.8. The van der Waals surface area contributed by atoms with Gasteiger partial charge in [0.2, 0.25) is 8.32 Å². The minimum Gasteiger partial charge on any atom is -0.543 e. The largest absolute Gasteiger partial charge is 0.543 e. The Morgan fingerprint density at radius 3 is 2.12 bits per heavy atom. The predicted molar refractivity (Wildman–Crippen MR) is 206 cm³/mol. The number of sulfonamides is 1. The zero-order valence-electron chi connectivity index (χ0n) is 31.7. The summed E-state index contributed by atoms with van der Waals surface area (Å²) in [7, 11) is -6.68. The maximum Gasteiger partial charge on any atom is 0.306 e. The Hall–Kier alpha value is -4.55. The van der Waals surface area contributed by atoms with Gasteiger partial charge in [-0.15, -0.1) is 0 Å². The zero-order valence-corrected chi connectivity index (χ0v) is 33.5. The van der Waals surface area contributed by atoms with Crippen LogP contribution in [0.15, 0.2) is 83.8 Å². The monoisotopic (exact) mass is 748 g/mol. The Balaban J connectivity index is 1.75. The minimum absolute atomic E-state index is 0.0253. The molecule has 0 radical (unpaired) electrons. The van der Waals surface area contributed by atoms with Gasteiger partial charge < -0.3 is 9.16 Å². The van der Waals surface area contributed by atoms with E-state index in [4.69, 9.17) is 9.16 Å². The molecule has 0 amide bonds. The van der Waals surface area contributed by atoms with Crippen LogP contribution in [-0.4, -0.2) is 33.2 Å². The molecule has 4 aromatic carbocycles. The van der Waals surface area contributed by atoms with Gasteiger partial charge in [0.05, 0.1) is 17.2 Å². The molecule has 0 saturated carbocycles. The van der Waals surface area contributed by atoms with E-state index in [0.29, 0.717) is 5.56 Å². The third kappa shape index (κ3) is 9.45. The van der Waals surface area contributed by atoms with Gasteiger partial charge >= 0.3 is 5.97 Å². The average molecular weight is 749 g/mol. The molecule has 0 aliphatic carbocycles. The highest BCUT2D eigenvalue weighted by molar-refractivity contribution is 7.93. The summed E-state index contributed by atoms with van der Waals surface area (Å²) in [6.45, 7) is 19.9. The Morgan fingerprint density at radius 1 is 0.904 bits per heavy atom. The number of nitrogens with zero attached hydrogens (tertiary/aromatic N) is 2. The van der Waals surface area contributed by atoms with E-state index in [1.165, 1.54) is 30.3 Å². The maximum absolute atomic E-state index is 15.6. The van der Waals surface area contributed by atoms with Crippen LogP contribution in [0.1, 0.15) is 70.2 Å². The van der Waals surface area contributed by atoms with Gasteiger partial charge in [-0.05, 0) is 129 Å². The van der Waals surface area contributed by atoms with Gasteiger partial charge in [0.1, 0.15) is 17.2 Å². The Labute approximate surface area is 308 Å². The summed E-state index contributed by atoms with van der Waals surface area (Å²) >= 11 is 0. The van der Waals surface area contributed by atoms with E-state index in [9.17, 15) is 23.3 Å². The number of halogens is 1. The molecule has 0 aliphatic heterocycles. The molecule has 0 aliphatic rings. The molecule has 4 aromatic rings. The van der Waals surface area contributed by atoms with E-state index in [1.54, 1.807) is 26.8 Å². The highest BCUT2D eigenvalue weighted by atomic mass is 32.2. The van der Waals surface area contributed by atoms with E-state index in [0.717, 1.165) is 44.4 Å². The van der Waals surface area contributed by atoms with E-state index in [-0.39, 0.29) is 35.7 Å². The number of rotatable bonds is 12. The molecule has 0 aromatic heterocycles. The first-order valence-corrected chi connectivity index (χ1v) is 21.5. The van der Waals surface area contributed by atoms with E-state index in [2.05, 4.69) is 33.9 Å². The minimum atomic E-state index is -4.59. The molecule has 52 heavy (non-hydrogen) atoms. The van der Waals surface area contributed by atoms with Crippen LogP contribution in [0.4, 0.5) is 15.8 Å². The van der Waals surface area contributed by atoms with Gasteiger partial charge in [0, 0.05) is 12.5 Å². The second-order valence-corrected chi connectivity index (χ2v) is 22.1. The summed E-state index contributed by atoms with van der Waals surface area (Å²) in [4.78, 5) is 22.9. The first-order valence-electron chi connectivity index (χ1n) is 17.2. The van der Waals surface area contributed by atoms with Crippen molar-refractivity contribution < 1.29 is 31.7 Å². The van der Waals surface area contributed by atoms with Gasteiger partial charge in [-0.1, -0.05) is 57.2 Å². The second kappa shape index (κ2) is 15.2. The smallest absolute Gasteiger partial charge is 0.306 e. The number of nitro groups is 1. The molecule has 0 unspecified atom stereocenters. The van der Waals surface area contributed by atoms with Crippen molar-refractivity contribution in [3.05, 3.63) is 117 Å². The molecule has 12 heteroatoms. The van der Waals surface area contributed by atoms with Crippen LogP contribution in [0, 0.1) is 29.8 Å². The van der Waals surface area contributed by atoms with Crippen LogP contribution in [0.2, 0.25) is 18.1 Å². The summed E-state index contributed by atoms with van der Waals surface area (Å²) in [5.41, 5.74) is 3.25. The molecule has 0 saturated heterocycles. The third-order valence-electron chi connectivity index (χ3n) is 9.20. The van der Waals surface area contributed by atoms with Crippen LogP contribution in [0.25, 0.3) is 11.1 Å². The lowest BCUT2D eigenvalue weighted by Crippen LogP contribution is -2.43. The van der Waals surface area contributed by atoms with Gasteiger partial charge in [0.25, 0.3) is 15.7 Å². The maximum atomic E-state index is 15.6. The molecule has 0 N–H and O–H groups in total. The van der Waals surface area contributed by atoms with Crippen molar-refractivity contribution in [3.8, 4) is 16.9 Å². The number of aryl methyl sites for hydroxylation is 3. The van der Waals surface area contributed by atoms with Crippen molar-refractivity contribution in [1.29, 1.82) is 0 Å². The van der Waals surface area contributed by atoms with Gasteiger partial charge in [-0.3, -0.25) is 19.2 Å². The summed E-state index contributed by atoms with van der Waals surface area (Å²) in [6.07, 6.45) is -0.0286. The highest BCUT2D eigenvalue weighted by Gasteiger charge is 2.39. The normalized spacial score (nSPS) is 12.4. The molecule has 0 atom stereocenters. The number of benzene rings is 4. The highest BCUT2D eigenvalue weighted by Crippen LogP contribution is 2.40. The Bertz CT molecular complexity index is 2060. The first-order chi connectivity index (χ1) is 24.0. The van der Waals surface area contributed by atoms with Crippen LogP contribution in [-0.2, 0) is 32.5 Å². The average Bonchev–Trinajstić information content (AvgIpc) is 3.01. The predicted octanol–water partition coefficient (Wildman–Crippen LogP) is 10.1. The van der Waals surface area contributed by atoms with E-state index < -0.39 is 51.2 Å². The molecular formula is C40H49FN2O7SSi. The molecule has 0 bridgehead atoms. The third-order valence-corrected chi connectivity index (χ3v) is 15.4. The summed E-state index contributed by atoms with van der Waals surface area (Å²) in [5, 5.41) is 12.0. The first kappa shape index (κ1) is 40.2. The summed E-state index contributed by atoms with van der Waals surface area (Å²) < 4.78 is 57.2. The van der Waals surface area contributed by atoms with E-state index >= 15 is 4.39 Å². The number of ether oxygens (including phenoxy) is 1. The van der Waals surface area contributed by atoms with Gasteiger partial charge in [-0.2, -0.15) is 0 Å². The fourth-order valence-electron chi connectivity index (χ4n) is 5.66. The van der Waals surface area contributed by atoms with E-state index in [1.807, 2.05) is 44.2 Å². The topological polar surface area (TPSA) is 116 Å². The van der Waals surface area contributed by atoms with Crippen molar-refractivity contribution in [3.63, 3.8) is 0 Å². The number of anilines is 1. The lowest BCUT2D eigenvalue weighted by Gasteiger charge is -2.36. The fraction of sp³-hybridized carbons (Fsp3) is 0.375. The Morgan fingerprint density at radius 2 is 1.54 bits per heavy atom. The van der Waals surface area contributed by atoms with Crippen molar-refractivity contribution in [2.45, 2.75) is 103 Å². The summed E-state index contributed by atoms with van der Waals surface area (Å²) in [6, 6.07) is 20.5. The van der Waals surface area contributed by atoms with Crippen molar-refractivity contribution in [2.24, 2.45) is 0 Å². The van der Waals surface area contributed by atoms with Crippen molar-refractivity contribution in [2.75, 3.05) is 4.31 Å². The quantitative estimate of drug-likeness (QED) is 0.0613. The number of esters is 1. The number of para-hydroxylation sites is 1. The van der Waals surface area contributed by atoms with Crippen LogP contribution in [0.3, 0.4) is 0 Å². The van der Waals surface area contributed by atoms with Crippen LogP contribution < -0.4 is 8.73 Å². The fourth-order valence-corrected chi connectivity index (χ4v) is 8.28. The van der Waals surface area contributed by atoms with Gasteiger partial charge in [-0.25, -0.2) is 12.8 Å². The SMILES string of the molecule is Cc1cc(O[Si](C)(C)C(C)(C)C)cc(C)c1-c1cccc(CN(c2ccc(CCC(=O)OC(C)(C)C)c(F)c2)S(=O)(=O)c2ccccc2[N+](=O)[O-])c1. The second-order valence-electron chi connectivity index (χ2n) is 15.6. The molecule has 278 valence electrons. The number of hydrogen-bond donors (Lipinski definition) is 0. The molecule has 0 heterocycles. The lowest BCUT2D eigenvalue weighted by atomic mass is 9.94. The number of nitro benzene ring substituents is 1. The number of carbonyl (C=O) groups is 1. The van der Waals surface area contributed by atoms with Crippen molar-refractivity contribution >= 4 is 35.7 Å². The zero-order chi connectivity index (χ0) is 38.8. The number of carbonyl (C=O) groups excluding carboxylic acids is 1. The van der Waals surface area contributed by atoms with Crippen molar-refractivity contribution in [1.82, 2.24) is 0 Å². The number of hydrogen-bond acceptors (Lipinski definition) is 7. The standard InChI is InChI=1S/C40H49FN2O7SSi/c1-27-22-33(50-52(9,10)40(6,7)8)23-28(2)38(27)31-15-13-14-29(24-31)26-42(51(47,48)36-17-12-11-16-35(36)43(45)46)32-20-18-30(34(41)25-32)19-21-37(44)49-39(3,4)5/h11-18,20,22-25H,19,21,26H2,1-10H3.